The van der Waals surface area contributed by atoms with E-state index in [0.717, 1.165) is 13.0 Å². The predicted octanol–water partition coefficient (Wildman–Crippen LogP) is 5.83. The first-order valence-corrected chi connectivity index (χ1v) is 9.76. The first-order chi connectivity index (χ1) is 14.0. The maximum Gasteiger partial charge on any atom is 0.413 e. The van der Waals surface area contributed by atoms with Crippen LogP contribution in [-0.2, 0) is 16.8 Å². The van der Waals surface area contributed by atoms with E-state index in [4.69, 9.17) is 32.8 Å². The summed E-state index contributed by atoms with van der Waals surface area (Å²) in [5, 5.41) is 9.93. The summed E-state index contributed by atoms with van der Waals surface area (Å²) in [6.07, 6.45) is -5.30. The van der Waals surface area contributed by atoms with E-state index in [-0.39, 0.29) is 34.1 Å². The topological polar surface area (TPSA) is 67.8 Å². The second kappa shape index (κ2) is 8.17. The number of fused-ring (bicyclic) bond motifs is 1. The predicted molar refractivity (Wildman–Crippen MR) is 105 cm³/mol. The van der Waals surface area contributed by atoms with E-state index in [0.29, 0.717) is 17.0 Å². The Morgan fingerprint density at radius 2 is 1.93 bits per heavy atom. The number of carbonyl (C=O) groups is 1. The van der Waals surface area contributed by atoms with Gasteiger partial charge in [0, 0.05) is 21.7 Å². The standard InChI is InChI=1S/C20H18Cl2F3NO4/c1-3-4-12-16-13(19(2,26-30-16)20(23,24)25)9-14(22)17(12)29-15(18(27)28)10-5-7-11(21)8-6-10/h5-9,15,26H,3-4H2,1-2H3,(H,27,28). The number of halogens is 5. The van der Waals surface area contributed by atoms with Crippen molar-refractivity contribution in [3.63, 3.8) is 0 Å². The molecule has 0 saturated carbocycles. The Balaban J connectivity index is 2.11. The van der Waals surface area contributed by atoms with Crippen LogP contribution in [0.25, 0.3) is 0 Å². The van der Waals surface area contributed by atoms with E-state index in [1.54, 1.807) is 0 Å². The van der Waals surface area contributed by atoms with Crippen molar-refractivity contribution in [2.45, 2.75) is 44.5 Å². The van der Waals surface area contributed by atoms with Crippen molar-refractivity contribution in [1.82, 2.24) is 5.48 Å². The Labute approximate surface area is 180 Å². The molecule has 2 unspecified atom stereocenters. The third-order valence-electron chi connectivity index (χ3n) is 4.88. The first kappa shape index (κ1) is 22.5. The number of carboxylic acids is 1. The number of ether oxygens (including phenoxy) is 1. The molecule has 0 radical (unpaired) electrons. The first-order valence-electron chi connectivity index (χ1n) is 9.01. The fourth-order valence-electron chi connectivity index (χ4n) is 3.20. The molecule has 0 aliphatic carbocycles. The Kier molecular flexibility index (Phi) is 6.13. The summed E-state index contributed by atoms with van der Waals surface area (Å²) in [6, 6.07) is 7.09. The van der Waals surface area contributed by atoms with E-state index in [9.17, 15) is 23.1 Å². The van der Waals surface area contributed by atoms with Crippen LogP contribution in [-0.4, -0.2) is 17.3 Å². The second-order valence-electron chi connectivity index (χ2n) is 7.01. The Morgan fingerprint density at radius 3 is 2.47 bits per heavy atom. The molecular weight excluding hydrogens is 446 g/mol. The number of hydrogen-bond acceptors (Lipinski definition) is 4. The average molecular weight is 464 g/mol. The van der Waals surface area contributed by atoms with Gasteiger partial charge in [-0.3, -0.25) is 0 Å². The molecule has 2 N–H and O–H groups in total. The van der Waals surface area contributed by atoms with Gasteiger partial charge in [0.05, 0.1) is 5.02 Å². The van der Waals surface area contributed by atoms with Crippen LogP contribution in [0.5, 0.6) is 11.5 Å². The largest absolute Gasteiger partial charge is 0.478 e. The number of rotatable bonds is 6. The molecule has 0 amide bonds. The second-order valence-corrected chi connectivity index (χ2v) is 7.85. The number of carboxylic acid groups (broad SMARTS) is 1. The average Bonchev–Trinajstić information content (AvgIpc) is 3.00. The van der Waals surface area contributed by atoms with Crippen molar-refractivity contribution in [1.29, 1.82) is 0 Å². The Bertz CT molecular complexity index is 966. The van der Waals surface area contributed by atoms with Crippen molar-refractivity contribution in [2.75, 3.05) is 0 Å². The van der Waals surface area contributed by atoms with E-state index in [1.165, 1.54) is 24.3 Å². The number of alkyl halides is 3. The highest BCUT2D eigenvalue weighted by Crippen LogP contribution is 2.52. The lowest BCUT2D eigenvalue weighted by Gasteiger charge is -2.26. The number of nitrogens with one attached hydrogen (secondary N) is 1. The van der Waals surface area contributed by atoms with Crippen molar-refractivity contribution >= 4 is 29.2 Å². The zero-order valence-corrected chi connectivity index (χ0v) is 17.5. The van der Waals surface area contributed by atoms with Gasteiger partial charge in [0.1, 0.15) is 5.75 Å². The molecule has 0 fully saturated rings. The van der Waals surface area contributed by atoms with E-state index in [1.807, 2.05) is 12.4 Å². The molecule has 0 saturated heterocycles. The van der Waals surface area contributed by atoms with E-state index in [2.05, 4.69) is 0 Å². The van der Waals surface area contributed by atoms with Crippen LogP contribution in [0.1, 0.15) is 43.1 Å². The maximum absolute atomic E-state index is 13.6. The lowest BCUT2D eigenvalue weighted by atomic mass is 9.89. The normalized spacial score (nSPS) is 19.2. The van der Waals surface area contributed by atoms with Crippen LogP contribution in [0.4, 0.5) is 13.2 Å². The summed E-state index contributed by atoms with van der Waals surface area (Å²) >= 11 is 12.1. The number of hydroxylamine groups is 1. The Morgan fingerprint density at radius 1 is 1.30 bits per heavy atom. The molecule has 1 heterocycles. The van der Waals surface area contributed by atoms with Crippen LogP contribution in [0, 0.1) is 0 Å². The van der Waals surface area contributed by atoms with Crippen LogP contribution in [0.3, 0.4) is 0 Å². The molecule has 2 aromatic rings. The molecule has 162 valence electrons. The molecule has 0 aromatic heterocycles. The van der Waals surface area contributed by atoms with E-state index >= 15 is 0 Å². The Hall–Kier alpha value is -2.16. The maximum atomic E-state index is 13.6. The fraction of sp³-hybridized carbons (Fsp3) is 0.350. The van der Waals surface area contributed by atoms with Crippen LogP contribution < -0.4 is 15.1 Å². The molecule has 1 aliphatic rings. The molecule has 2 aromatic carbocycles. The molecule has 1 aliphatic heterocycles. The molecule has 3 rings (SSSR count). The monoisotopic (exact) mass is 463 g/mol. The number of hydrogen-bond donors (Lipinski definition) is 2. The third-order valence-corrected chi connectivity index (χ3v) is 5.41. The summed E-state index contributed by atoms with van der Waals surface area (Å²) in [5.41, 5.74) is -0.0525. The summed E-state index contributed by atoms with van der Waals surface area (Å²) in [6.45, 7) is 2.76. The zero-order valence-electron chi connectivity index (χ0n) is 15.9. The molecule has 30 heavy (non-hydrogen) atoms. The van der Waals surface area contributed by atoms with Gasteiger partial charge in [0.15, 0.2) is 11.3 Å². The van der Waals surface area contributed by atoms with Gasteiger partial charge < -0.3 is 14.7 Å². The molecule has 5 nitrogen and oxygen atoms in total. The van der Waals surface area contributed by atoms with Gasteiger partial charge in [-0.15, -0.1) is 5.48 Å². The smallest absolute Gasteiger partial charge is 0.413 e. The van der Waals surface area contributed by atoms with Gasteiger partial charge in [-0.2, -0.15) is 13.2 Å². The van der Waals surface area contributed by atoms with Crippen LogP contribution >= 0.6 is 23.2 Å². The minimum absolute atomic E-state index is 0.0344. The highest BCUT2D eigenvalue weighted by Gasteiger charge is 2.58. The SMILES string of the molecule is CCCc1c(OC(C(=O)O)c2ccc(Cl)cc2)c(Cl)cc2c1ONC2(C)C(F)(F)F. The van der Waals surface area contributed by atoms with E-state index < -0.39 is 23.8 Å². The molecule has 10 heteroatoms. The molecular formula is C20H18Cl2F3NO4. The van der Waals surface area contributed by atoms with Gasteiger partial charge in [-0.1, -0.05) is 48.7 Å². The third kappa shape index (κ3) is 3.91. The van der Waals surface area contributed by atoms with Crippen molar-refractivity contribution in [3.8, 4) is 11.5 Å². The summed E-state index contributed by atoms with van der Waals surface area (Å²) in [5.74, 6) is -1.39. The quantitative estimate of drug-likeness (QED) is 0.564. The van der Waals surface area contributed by atoms with Gasteiger partial charge in [-0.25, -0.2) is 4.79 Å². The lowest BCUT2D eigenvalue weighted by molar-refractivity contribution is -0.207. The van der Waals surface area contributed by atoms with Crippen LogP contribution in [0.2, 0.25) is 10.0 Å². The minimum Gasteiger partial charge on any atom is -0.478 e. The summed E-state index contributed by atoms with van der Waals surface area (Å²) in [4.78, 5) is 17.1. The van der Waals surface area contributed by atoms with Gasteiger partial charge >= 0.3 is 12.1 Å². The summed E-state index contributed by atoms with van der Waals surface area (Å²) in [7, 11) is 0. The van der Waals surface area contributed by atoms with Crippen molar-refractivity contribution in [2.24, 2.45) is 0 Å². The molecule has 0 bridgehead atoms. The highest BCUT2D eigenvalue weighted by molar-refractivity contribution is 6.32. The van der Waals surface area contributed by atoms with Gasteiger partial charge in [-0.05, 0) is 31.5 Å². The molecule has 2 atom stereocenters. The fourth-order valence-corrected chi connectivity index (χ4v) is 3.59. The highest BCUT2D eigenvalue weighted by atomic mass is 35.5. The van der Waals surface area contributed by atoms with Crippen molar-refractivity contribution in [3.05, 3.63) is 57.1 Å². The van der Waals surface area contributed by atoms with Crippen molar-refractivity contribution < 1.29 is 32.6 Å². The number of benzene rings is 2. The zero-order chi connectivity index (χ0) is 22.3. The lowest BCUT2D eigenvalue weighted by Crippen LogP contribution is -2.48. The molecule has 0 spiro atoms. The van der Waals surface area contributed by atoms with Gasteiger partial charge in [0.2, 0.25) is 6.10 Å². The van der Waals surface area contributed by atoms with Crippen LogP contribution in [0.15, 0.2) is 30.3 Å². The summed E-state index contributed by atoms with van der Waals surface area (Å²) < 4.78 is 46.6. The number of aliphatic carboxylic acids is 1. The minimum atomic E-state index is -4.65. The van der Waals surface area contributed by atoms with Gasteiger partial charge in [0.25, 0.3) is 0 Å².